The van der Waals surface area contributed by atoms with Gasteiger partial charge in [0.2, 0.25) is 6.10 Å². The van der Waals surface area contributed by atoms with Gasteiger partial charge in [-0.25, -0.2) is 4.79 Å². The van der Waals surface area contributed by atoms with Crippen LogP contribution < -0.4 is 0 Å². The number of halogens is 1. The van der Waals surface area contributed by atoms with Gasteiger partial charge >= 0.3 is 5.97 Å². The first kappa shape index (κ1) is 19.8. The Morgan fingerprint density at radius 2 is 1.75 bits per heavy atom. The van der Waals surface area contributed by atoms with Crippen LogP contribution in [0.2, 0.25) is 5.02 Å². The molecule has 7 nitrogen and oxygen atoms in total. The van der Waals surface area contributed by atoms with Crippen LogP contribution in [-0.4, -0.2) is 34.8 Å². The van der Waals surface area contributed by atoms with E-state index in [0.717, 1.165) is 25.3 Å². The van der Waals surface area contributed by atoms with Crippen molar-refractivity contribution in [3.05, 3.63) is 74.8 Å². The number of carbonyl (C=O) groups excluding carboxylic acids is 2. The van der Waals surface area contributed by atoms with Crippen LogP contribution >= 0.6 is 11.6 Å². The molecule has 1 aliphatic heterocycles. The highest BCUT2D eigenvalue weighted by Gasteiger charge is 2.31. The highest BCUT2D eigenvalue weighted by molar-refractivity contribution is 6.33. The van der Waals surface area contributed by atoms with E-state index < -0.39 is 17.0 Å². The number of rotatable bonds is 5. The number of ether oxygens (including phenoxy) is 1. The van der Waals surface area contributed by atoms with Gasteiger partial charge in [0.05, 0.1) is 15.5 Å². The average molecular weight is 403 g/mol. The van der Waals surface area contributed by atoms with Gasteiger partial charge in [-0.1, -0.05) is 41.9 Å². The van der Waals surface area contributed by atoms with E-state index in [9.17, 15) is 19.7 Å². The minimum atomic E-state index is -1.14. The second-order valence-corrected chi connectivity index (χ2v) is 6.91. The van der Waals surface area contributed by atoms with Crippen molar-refractivity contribution < 1.29 is 19.2 Å². The molecule has 1 heterocycles. The van der Waals surface area contributed by atoms with Crippen LogP contribution in [0.3, 0.4) is 0 Å². The molecule has 2 aromatic rings. The minimum absolute atomic E-state index is 0.0211. The van der Waals surface area contributed by atoms with Gasteiger partial charge < -0.3 is 9.64 Å². The molecular weight excluding hydrogens is 384 g/mol. The summed E-state index contributed by atoms with van der Waals surface area (Å²) in [5.41, 5.74) is 0.103. The third kappa shape index (κ3) is 4.48. The molecule has 2 aromatic carbocycles. The molecule has 0 N–H and O–H groups in total. The molecule has 0 saturated carbocycles. The highest BCUT2D eigenvalue weighted by atomic mass is 35.5. The monoisotopic (exact) mass is 402 g/mol. The van der Waals surface area contributed by atoms with Gasteiger partial charge in [-0.05, 0) is 25.3 Å². The Morgan fingerprint density at radius 3 is 2.39 bits per heavy atom. The number of carbonyl (C=O) groups is 2. The van der Waals surface area contributed by atoms with Crippen LogP contribution in [0.5, 0.6) is 0 Å². The van der Waals surface area contributed by atoms with Crippen LogP contribution in [0.1, 0.15) is 41.3 Å². The Kier molecular flexibility index (Phi) is 6.26. The Labute approximate surface area is 167 Å². The number of nitro benzene ring substituents is 1. The number of hydrogen-bond acceptors (Lipinski definition) is 5. The molecule has 0 radical (unpaired) electrons. The summed E-state index contributed by atoms with van der Waals surface area (Å²) in [5, 5.41) is 11.0. The normalized spacial score (nSPS) is 15.0. The quantitative estimate of drug-likeness (QED) is 0.425. The zero-order valence-electron chi connectivity index (χ0n) is 15.0. The van der Waals surface area contributed by atoms with Crippen molar-refractivity contribution in [1.29, 1.82) is 0 Å². The van der Waals surface area contributed by atoms with Gasteiger partial charge in [0.15, 0.2) is 0 Å². The van der Waals surface area contributed by atoms with Gasteiger partial charge in [0.1, 0.15) is 0 Å². The molecule has 1 fully saturated rings. The van der Waals surface area contributed by atoms with Crippen molar-refractivity contribution in [2.75, 3.05) is 13.1 Å². The standard InChI is InChI=1S/C20H19ClN2O5/c21-17-10-9-15(23(26)27)13-16(17)20(25)28-18(14-7-3-1-4-8-14)19(24)22-11-5-2-6-12-22/h1,3-4,7-10,13,18H,2,5-6,11-12H2/t18-/m1/s1. The summed E-state index contributed by atoms with van der Waals surface area (Å²) in [6.07, 6.45) is 1.72. The summed E-state index contributed by atoms with van der Waals surface area (Å²) >= 11 is 6.03. The van der Waals surface area contributed by atoms with Crippen molar-refractivity contribution in [2.24, 2.45) is 0 Å². The SMILES string of the molecule is O=C(O[C@@H](C(=O)N1CCCCC1)c1ccccc1)c1cc([N+](=O)[O-])ccc1Cl. The minimum Gasteiger partial charge on any atom is -0.444 e. The van der Waals surface area contributed by atoms with E-state index in [1.54, 1.807) is 35.2 Å². The molecule has 0 unspecified atom stereocenters. The van der Waals surface area contributed by atoms with E-state index in [-0.39, 0.29) is 22.2 Å². The molecular formula is C20H19ClN2O5. The average Bonchev–Trinajstić information content (AvgIpc) is 2.72. The van der Waals surface area contributed by atoms with Crippen molar-refractivity contribution in [1.82, 2.24) is 4.90 Å². The summed E-state index contributed by atoms with van der Waals surface area (Å²) in [6, 6.07) is 12.2. The predicted molar refractivity (Wildman–Crippen MR) is 103 cm³/mol. The molecule has 1 atom stereocenters. The predicted octanol–water partition coefficient (Wildman–Crippen LogP) is 4.16. The maximum Gasteiger partial charge on any atom is 0.341 e. The molecule has 0 spiro atoms. The van der Waals surface area contributed by atoms with E-state index in [1.807, 2.05) is 0 Å². The number of nitro groups is 1. The molecule has 0 bridgehead atoms. The van der Waals surface area contributed by atoms with Gasteiger partial charge in [0.25, 0.3) is 11.6 Å². The van der Waals surface area contributed by atoms with Crippen LogP contribution in [-0.2, 0) is 9.53 Å². The third-order valence-electron chi connectivity index (χ3n) is 4.60. The second-order valence-electron chi connectivity index (χ2n) is 6.50. The lowest BCUT2D eigenvalue weighted by Gasteiger charge is -2.30. The summed E-state index contributed by atoms with van der Waals surface area (Å²) in [4.78, 5) is 37.8. The summed E-state index contributed by atoms with van der Waals surface area (Å²) in [7, 11) is 0. The number of hydrogen-bond donors (Lipinski definition) is 0. The lowest BCUT2D eigenvalue weighted by Crippen LogP contribution is -2.40. The Hall–Kier alpha value is -2.93. The largest absolute Gasteiger partial charge is 0.444 e. The molecule has 146 valence electrons. The molecule has 3 rings (SSSR count). The zero-order chi connectivity index (χ0) is 20.1. The number of amides is 1. The van der Waals surface area contributed by atoms with Crippen molar-refractivity contribution in [2.45, 2.75) is 25.4 Å². The van der Waals surface area contributed by atoms with E-state index in [2.05, 4.69) is 0 Å². The lowest BCUT2D eigenvalue weighted by atomic mass is 10.1. The smallest absolute Gasteiger partial charge is 0.341 e. The van der Waals surface area contributed by atoms with E-state index in [0.29, 0.717) is 18.7 Å². The topological polar surface area (TPSA) is 89.8 Å². The van der Waals surface area contributed by atoms with Crippen LogP contribution in [0, 0.1) is 10.1 Å². The number of non-ortho nitro benzene ring substituents is 1. The first-order valence-corrected chi connectivity index (χ1v) is 9.34. The van der Waals surface area contributed by atoms with Crippen molar-refractivity contribution in [3.8, 4) is 0 Å². The zero-order valence-corrected chi connectivity index (χ0v) is 15.8. The number of benzene rings is 2. The first-order valence-electron chi connectivity index (χ1n) is 8.96. The van der Waals surface area contributed by atoms with Gasteiger partial charge in [-0.3, -0.25) is 14.9 Å². The second kappa shape index (κ2) is 8.84. The molecule has 8 heteroatoms. The molecule has 1 saturated heterocycles. The number of piperidine rings is 1. The lowest BCUT2D eigenvalue weighted by molar-refractivity contribution is -0.384. The van der Waals surface area contributed by atoms with Crippen molar-refractivity contribution in [3.63, 3.8) is 0 Å². The molecule has 1 amide bonds. The van der Waals surface area contributed by atoms with Gasteiger partial charge in [-0.15, -0.1) is 0 Å². The van der Waals surface area contributed by atoms with Crippen LogP contribution in [0.25, 0.3) is 0 Å². The maximum atomic E-state index is 13.0. The molecule has 28 heavy (non-hydrogen) atoms. The fourth-order valence-electron chi connectivity index (χ4n) is 3.12. The summed E-state index contributed by atoms with van der Waals surface area (Å²) in [5.74, 6) is -1.19. The molecule has 0 aliphatic carbocycles. The molecule has 0 aromatic heterocycles. The number of likely N-dealkylation sites (tertiary alicyclic amines) is 1. The van der Waals surface area contributed by atoms with E-state index >= 15 is 0 Å². The van der Waals surface area contributed by atoms with Crippen molar-refractivity contribution >= 4 is 29.2 Å². The third-order valence-corrected chi connectivity index (χ3v) is 4.93. The fourth-order valence-corrected chi connectivity index (χ4v) is 3.32. The van der Waals surface area contributed by atoms with E-state index in [4.69, 9.17) is 16.3 Å². The Balaban J connectivity index is 1.89. The maximum absolute atomic E-state index is 13.0. The Morgan fingerprint density at radius 1 is 1.07 bits per heavy atom. The van der Waals surface area contributed by atoms with Crippen LogP contribution in [0.4, 0.5) is 5.69 Å². The van der Waals surface area contributed by atoms with E-state index in [1.165, 1.54) is 12.1 Å². The van der Waals surface area contributed by atoms with Gasteiger partial charge in [-0.2, -0.15) is 0 Å². The summed E-state index contributed by atoms with van der Waals surface area (Å²) in [6.45, 7) is 1.22. The summed E-state index contributed by atoms with van der Waals surface area (Å²) < 4.78 is 5.52. The van der Waals surface area contributed by atoms with Crippen LogP contribution in [0.15, 0.2) is 48.5 Å². The highest BCUT2D eigenvalue weighted by Crippen LogP contribution is 2.27. The first-order chi connectivity index (χ1) is 13.5. The number of esters is 1. The fraction of sp³-hybridized carbons (Fsp3) is 0.300. The molecule has 1 aliphatic rings. The van der Waals surface area contributed by atoms with Gasteiger partial charge in [0, 0.05) is 30.8 Å². The Bertz CT molecular complexity index is 881. The number of nitrogens with zero attached hydrogens (tertiary/aromatic N) is 2.